The van der Waals surface area contributed by atoms with Gasteiger partial charge in [0.25, 0.3) is 0 Å². The van der Waals surface area contributed by atoms with Crippen LogP contribution in [0.3, 0.4) is 0 Å². The molecule has 1 saturated heterocycles. The molecule has 3 aromatic rings. The lowest BCUT2D eigenvalue weighted by atomic mass is 9.98. The molecule has 0 saturated carbocycles. The average Bonchev–Trinajstić information content (AvgIpc) is 2.84. The lowest BCUT2D eigenvalue weighted by molar-refractivity contribution is -0.276. The summed E-state index contributed by atoms with van der Waals surface area (Å²) in [6.45, 7) is 3.36. The van der Waals surface area contributed by atoms with Crippen LogP contribution in [0.2, 0.25) is 0 Å². The third-order valence-corrected chi connectivity index (χ3v) is 6.22. The molecule has 1 fully saturated rings. The van der Waals surface area contributed by atoms with E-state index in [-0.39, 0.29) is 18.4 Å². The summed E-state index contributed by atoms with van der Waals surface area (Å²) < 4.78 is 95.2. The van der Waals surface area contributed by atoms with E-state index in [1.165, 1.54) is 0 Å². The zero-order chi connectivity index (χ0) is 25.9. The summed E-state index contributed by atoms with van der Waals surface area (Å²) in [5.41, 5.74) is 1.18. The van der Waals surface area contributed by atoms with Gasteiger partial charge in [0.15, 0.2) is 17.9 Å². The molecule has 9 heteroatoms. The Morgan fingerprint density at radius 1 is 0.917 bits per heavy atom. The summed E-state index contributed by atoms with van der Waals surface area (Å²) in [6.07, 6.45) is -2.32. The minimum Gasteiger partial charge on any atom is -0.399 e. The first-order valence-electron chi connectivity index (χ1n) is 11.8. The molecule has 0 aliphatic carbocycles. The second kappa shape index (κ2) is 11.1. The highest BCUT2D eigenvalue weighted by Gasteiger charge is 2.34. The molecule has 0 amide bonds. The van der Waals surface area contributed by atoms with E-state index in [1.54, 1.807) is 24.3 Å². The zero-order valence-electron chi connectivity index (χ0n) is 19.6. The molecular weight excluding hydrogens is 486 g/mol. The molecule has 194 valence electrons. The number of hydrogen-bond acceptors (Lipinski definition) is 3. The quantitative estimate of drug-likeness (QED) is 0.288. The monoisotopic (exact) mass is 512 g/mol. The number of aryl methyl sites for hydroxylation is 2. The van der Waals surface area contributed by atoms with Crippen molar-refractivity contribution in [1.29, 1.82) is 0 Å². The molecular formula is C27H26F6O3. The van der Waals surface area contributed by atoms with Gasteiger partial charge in [-0.3, -0.25) is 0 Å². The lowest BCUT2D eigenvalue weighted by Gasteiger charge is -2.29. The predicted octanol–water partition coefficient (Wildman–Crippen LogP) is 7.79. The first-order chi connectivity index (χ1) is 17.1. The van der Waals surface area contributed by atoms with Gasteiger partial charge in [-0.1, -0.05) is 44.0 Å². The van der Waals surface area contributed by atoms with Gasteiger partial charge in [0.1, 0.15) is 5.82 Å². The molecule has 0 N–H and O–H groups in total. The Morgan fingerprint density at radius 3 is 2.25 bits per heavy atom. The minimum atomic E-state index is -5.22. The SMILES string of the molecule is CCCCC1COC(c2ccc3c(F)c(CCc4cc(F)c(OC(F)(F)F)c(F)c4)ccc3c2)OC1. The number of halogens is 6. The Kier molecular flexibility index (Phi) is 8.10. The van der Waals surface area contributed by atoms with Crippen molar-refractivity contribution in [3.05, 3.63) is 76.6 Å². The fourth-order valence-electron chi connectivity index (χ4n) is 4.34. The topological polar surface area (TPSA) is 27.7 Å². The van der Waals surface area contributed by atoms with E-state index in [2.05, 4.69) is 11.7 Å². The fraction of sp³-hybridized carbons (Fsp3) is 0.407. The number of rotatable bonds is 8. The number of benzene rings is 3. The Labute approximate surface area is 205 Å². The van der Waals surface area contributed by atoms with Gasteiger partial charge in [0.2, 0.25) is 5.75 Å². The van der Waals surface area contributed by atoms with Crippen LogP contribution in [0.25, 0.3) is 10.8 Å². The standard InChI is InChI=1S/C27H26F6O3/c1-2-3-4-17-14-34-26(35-15-17)20-9-10-21-19(13-20)8-7-18(24(21)30)6-5-16-11-22(28)25(23(29)12-16)36-27(31,32)33/h7-13,17,26H,2-6,14-15H2,1H3. The number of fused-ring (bicyclic) bond motifs is 1. The van der Waals surface area contributed by atoms with E-state index < -0.39 is 35.9 Å². The lowest BCUT2D eigenvalue weighted by Crippen LogP contribution is -2.27. The van der Waals surface area contributed by atoms with Gasteiger partial charge in [0.05, 0.1) is 13.2 Å². The molecule has 0 bridgehead atoms. The molecule has 36 heavy (non-hydrogen) atoms. The third-order valence-electron chi connectivity index (χ3n) is 6.22. The van der Waals surface area contributed by atoms with Crippen molar-refractivity contribution in [3.8, 4) is 5.75 Å². The van der Waals surface area contributed by atoms with Gasteiger partial charge in [-0.2, -0.15) is 0 Å². The summed E-state index contributed by atoms with van der Waals surface area (Å²) in [7, 11) is 0. The van der Waals surface area contributed by atoms with E-state index in [0.717, 1.165) is 37.0 Å². The predicted molar refractivity (Wildman–Crippen MR) is 122 cm³/mol. The number of hydrogen-bond donors (Lipinski definition) is 0. The van der Waals surface area contributed by atoms with Crippen LogP contribution in [0.5, 0.6) is 5.75 Å². The molecule has 1 aliphatic heterocycles. The van der Waals surface area contributed by atoms with Crippen LogP contribution < -0.4 is 4.74 Å². The van der Waals surface area contributed by atoms with E-state index in [1.807, 2.05) is 6.07 Å². The molecule has 0 aromatic heterocycles. The maximum Gasteiger partial charge on any atom is 0.573 e. The summed E-state index contributed by atoms with van der Waals surface area (Å²) in [5, 5.41) is 1.03. The molecule has 0 spiro atoms. The van der Waals surface area contributed by atoms with Crippen LogP contribution in [-0.4, -0.2) is 19.6 Å². The van der Waals surface area contributed by atoms with Crippen molar-refractivity contribution in [2.45, 2.75) is 51.7 Å². The molecule has 0 unspecified atom stereocenters. The van der Waals surface area contributed by atoms with Crippen molar-refractivity contribution < 1.29 is 40.6 Å². The van der Waals surface area contributed by atoms with E-state index in [4.69, 9.17) is 9.47 Å². The highest BCUT2D eigenvalue weighted by atomic mass is 19.4. The third kappa shape index (κ3) is 6.31. The maximum absolute atomic E-state index is 15.2. The number of alkyl halides is 3. The van der Waals surface area contributed by atoms with Crippen molar-refractivity contribution in [3.63, 3.8) is 0 Å². The van der Waals surface area contributed by atoms with Crippen LogP contribution in [0.4, 0.5) is 26.3 Å². The Bertz CT molecular complexity index is 1180. The van der Waals surface area contributed by atoms with E-state index in [9.17, 15) is 22.0 Å². The van der Waals surface area contributed by atoms with Crippen molar-refractivity contribution >= 4 is 10.8 Å². The Hall–Kier alpha value is -2.78. The molecule has 0 radical (unpaired) electrons. The van der Waals surface area contributed by atoms with Gasteiger partial charge in [-0.25, -0.2) is 13.2 Å². The molecule has 3 aromatic carbocycles. The van der Waals surface area contributed by atoms with Gasteiger partial charge < -0.3 is 14.2 Å². The zero-order valence-corrected chi connectivity index (χ0v) is 19.6. The molecule has 0 atom stereocenters. The summed E-state index contributed by atoms with van der Waals surface area (Å²) in [6, 6.07) is 10.0. The van der Waals surface area contributed by atoms with Crippen LogP contribution in [0.15, 0.2) is 42.5 Å². The first-order valence-corrected chi connectivity index (χ1v) is 11.8. The van der Waals surface area contributed by atoms with E-state index >= 15 is 4.39 Å². The average molecular weight is 512 g/mol. The van der Waals surface area contributed by atoms with Crippen LogP contribution >= 0.6 is 0 Å². The van der Waals surface area contributed by atoms with Gasteiger partial charge in [-0.15, -0.1) is 13.2 Å². The normalized spacial score (nSPS) is 18.5. The second-order valence-electron chi connectivity index (χ2n) is 8.96. The molecule has 3 nitrogen and oxygen atoms in total. The van der Waals surface area contributed by atoms with Crippen LogP contribution in [-0.2, 0) is 22.3 Å². The molecule has 1 aliphatic rings. The van der Waals surface area contributed by atoms with Gasteiger partial charge in [0, 0.05) is 16.9 Å². The Balaban J connectivity index is 1.44. The van der Waals surface area contributed by atoms with E-state index in [0.29, 0.717) is 35.5 Å². The molecule has 1 heterocycles. The van der Waals surface area contributed by atoms with Crippen LogP contribution in [0, 0.1) is 23.4 Å². The first kappa shape index (κ1) is 26.3. The summed E-state index contributed by atoms with van der Waals surface area (Å²) in [4.78, 5) is 0. The minimum absolute atomic E-state index is 0.0175. The number of ether oxygens (including phenoxy) is 3. The highest BCUT2D eigenvalue weighted by Crippen LogP contribution is 2.32. The summed E-state index contributed by atoms with van der Waals surface area (Å²) in [5.74, 6) is -4.56. The maximum atomic E-state index is 15.2. The van der Waals surface area contributed by atoms with Crippen molar-refractivity contribution in [1.82, 2.24) is 0 Å². The largest absolute Gasteiger partial charge is 0.573 e. The van der Waals surface area contributed by atoms with Gasteiger partial charge in [-0.05, 0) is 54.0 Å². The Morgan fingerprint density at radius 2 is 1.61 bits per heavy atom. The van der Waals surface area contributed by atoms with Crippen molar-refractivity contribution in [2.75, 3.05) is 13.2 Å². The highest BCUT2D eigenvalue weighted by molar-refractivity contribution is 5.84. The second-order valence-corrected chi connectivity index (χ2v) is 8.96. The summed E-state index contributed by atoms with van der Waals surface area (Å²) >= 11 is 0. The van der Waals surface area contributed by atoms with Gasteiger partial charge >= 0.3 is 6.36 Å². The smallest absolute Gasteiger partial charge is 0.399 e. The number of unbranched alkanes of at least 4 members (excludes halogenated alkanes) is 1. The van der Waals surface area contributed by atoms with Crippen molar-refractivity contribution in [2.24, 2.45) is 5.92 Å². The van der Waals surface area contributed by atoms with Crippen LogP contribution in [0.1, 0.15) is 49.2 Å². The molecule has 4 rings (SSSR count). The fourth-order valence-corrected chi connectivity index (χ4v) is 4.34.